The van der Waals surface area contributed by atoms with Gasteiger partial charge in [-0.1, -0.05) is 12.5 Å². The first-order valence-electron chi connectivity index (χ1n) is 6.01. The second-order valence-corrected chi connectivity index (χ2v) is 4.62. The van der Waals surface area contributed by atoms with Crippen molar-refractivity contribution in [1.82, 2.24) is 5.32 Å². The first-order valence-corrected chi connectivity index (χ1v) is 6.01. The van der Waals surface area contributed by atoms with E-state index < -0.39 is 0 Å². The van der Waals surface area contributed by atoms with Gasteiger partial charge in [0.15, 0.2) is 11.5 Å². The largest absolute Gasteiger partial charge is 0.454 e. The van der Waals surface area contributed by atoms with Crippen molar-refractivity contribution >= 4 is 0 Å². The minimum absolute atomic E-state index is 0.355. The highest BCUT2D eigenvalue weighted by molar-refractivity contribution is 5.44. The topological polar surface area (TPSA) is 30.5 Å². The number of fused-ring (bicyclic) bond motifs is 1. The van der Waals surface area contributed by atoms with E-state index in [0.717, 1.165) is 30.5 Å². The average Bonchev–Trinajstić information content (AvgIpc) is 2.68. The molecule has 0 aromatic heterocycles. The zero-order chi connectivity index (χ0) is 10.8. The van der Waals surface area contributed by atoms with Crippen LogP contribution in [0.2, 0.25) is 0 Å². The summed E-state index contributed by atoms with van der Waals surface area (Å²) in [7, 11) is 0. The highest BCUT2D eigenvalue weighted by Crippen LogP contribution is 2.32. The van der Waals surface area contributed by atoms with E-state index in [1.807, 2.05) is 6.07 Å². The van der Waals surface area contributed by atoms with Gasteiger partial charge in [-0.3, -0.25) is 0 Å². The summed E-state index contributed by atoms with van der Waals surface area (Å²) in [5.74, 6) is 2.65. The molecule has 0 unspecified atom stereocenters. The lowest BCUT2D eigenvalue weighted by molar-refractivity contribution is 0.174. The monoisotopic (exact) mass is 219 g/mol. The predicted molar refractivity (Wildman–Crippen MR) is 61.6 cm³/mol. The molecule has 1 heterocycles. The van der Waals surface area contributed by atoms with E-state index >= 15 is 0 Å². The van der Waals surface area contributed by atoms with Crippen LogP contribution in [-0.4, -0.2) is 13.3 Å². The van der Waals surface area contributed by atoms with Gasteiger partial charge in [0.1, 0.15) is 0 Å². The molecule has 1 aromatic carbocycles. The molecule has 86 valence electrons. The van der Waals surface area contributed by atoms with Crippen molar-refractivity contribution in [2.45, 2.75) is 25.8 Å². The van der Waals surface area contributed by atoms with Crippen molar-refractivity contribution in [3.8, 4) is 11.5 Å². The van der Waals surface area contributed by atoms with Crippen LogP contribution < -0.4 is 14.8 Å². The first-order chi connectivity index (χ1) is 7.92. The number of rotatable bonds is 4. The van der Waals surface area contributed by atoms with Crippen molar-refractivity contribution in [1.29, 1.82) is 0 Å². The van der Waals surface area contributed by atoms with Gasteiger partial charge < -0.3 is 14.8 Å². The summed E-state index contributed by atoms with van der Waals surface area (Å²) in [5.41, 5.74) is 1.27. The number of benzene rings is 1. The maximum absolute atomic E-state index is 5.35. The van der Waals surface area contributed by atoms with Gasteiger partial charge in [0, 0.05) is 6.54 Å². The Hall–Kier alpha value is -1.22. The quantitative estimate of drug-likeness (QED) is 0.843. The van der Waals surface area contributed by atoms with Crippen LogP contribution >= 0.6 is 0 Å². The van der Waals surface area contributed by atoms with Crippen molar-refractivity contribution in [3.63, 3.8) is 0 Å². The molecule has 1 aliphatic carbocycles. The molecule has 1 saturated carbocycles. The van der Waals surface area contributed by atoms with Crippen LogP contribution in [0.4, 0.5) is 0 Å². The van der Waals surface area contributed by atoms with Gasteiger partial charge in [-0.25, -0.2) is 0 Å². The number of hydrogen-bond acceptors (Lipinski definition) is 3. The number of ether oxygens (including phenoxy) is 2. The molecule has 0 amide bonds. The standard InChI is InChI=1S/C13H17NO2/c1-2-10(3-1)7-14-8-11-4-5-12-13(6-11)16-9-15-12/h4-6,10,14H,1-3,7-9H2. The van der Waals surface area contributed by atoms with Crippen molar-refractivity contribution in [3.05, 3.63) is 23.8 Å². The summed E-state index contributed by atoms with van der Waals surface area (Å²) < 4.78 is 10.6. The molecule has 1 N–H and O–H groups in total. The van der Waals surface area contributed by atoms with Gasteiger partial charge in [-0.2, -0.15) is 0 Å². The van der Waals surface area contributed by atoms with E-state index in [4.69, 9.17) is 9.47 Å². The van der Waals surface area contributed by atoms with Crippen LogP contribution in [0.25, 0.3) is 0 Å². The fourth-order valence-electron chi connectivity index (χ4n) is 2.17. The number of nitrogens with one attached hydrogen (secondary N) is 1. The van der Waals surface area contributed by atoms with Gasteiger partial charge in [0.2, 0.25) is 6.79 Å². The summed E-state index contributed by atoms with van der Waals surface area (Å²) in [6.45, 7) is 2.43. The molecule has 3 nitrogen and oxygen atoms in total. The normalized spacial score (nSPS) is 18.5. The van der Waals surface area contributed by atoms with Crippen LogP contribution in [0, 0.1) is 5.92 Å². The zero-order valence-electron chi connectivity index (χ0n) is 9.37. The Kier molecular flexibility index (Phi) is 2.70. The molecular formula is C13H17NO2. The molecule has 2 aliphatic rings. The maximum atomic E-state index is 5.35. The van der Waals surface area contributed by atoms with Crippen LogP contribution in [0.1, 0.15) is 24.8 Å². The lowest BCUT2D eigenvalue weighted by Gasteiger charge is -2.25. The fourth-order valence-corrected chi connectivity index (χ4v) is 2.17. The second kappa shape index (κ2) is 4.34. The molecule has 0 atom stereocenters. The Morgan fingerprint density at radius 2 is 2.06 bits per heavy atom. The Balaban J connectivity index is 1.53. The maximum Gasteiger partial charge on any atom is 0.231 e. The van der Waals surface area contributed by atoms with Crippen molar-refractivity contribution in [2.24, 2.45) is 5.92 Å². The predicted octanol–water partition coefficient (Wildman–Crippen LogP) is 2.30. The summed E-state index contributed by atoms with van der Waals surface area (Å²) in [5, 5.41) is 3.50. The third-order valence-electron chi connectivity index (χ3n) is 3.42. The van der Waals surface area contributed by atoms with Gasteiger partial charge in [0.05, 0.1) is 0 Å². The van der Waals surface area contributed by atoms with Crippen LogP contribution in [0.3, 0.4) is 0 Å². The van der Waals surface area contributed by atoms with E-state index in [9.17, 15) is 0 Å². The molecule has 3 heteroatoms. The van der Waals surface area contributed by atoms with E-state index in [0.29, 0.717) is 6.79 Å². The van der Waals surface area contributed by atoms with Gasteiger partial charge >= 0.3 is 0 Å². The summed E-state index contributed by atoms with van der Waals surface area (Å²) in [4.78, 5) is 0. The lowest BCUT2D eigenvalue weighted by atomic mass is 9.85. The highest BCUT2D eigenvalue weighted by Gasteiger charge is 2.17. The first kappa shape index (κ1) is 9.97. The van der Waals surface area contributed by atoms with Crippen LogP contribution in [0.5, 0.6) is 11.5 Å². The van der Waals surface area contributed by atoms with Crippen molar-refractivity contribution < 1.29 is 9.47 Å². The van der Waals surface area contributed by atoms with E-state index in [-0.39, 0.29) is 0 Å². The van der Waals surface area contributed by atoms with Gasteiger partial charge in [0.25, 0.3) is 0 Å². The number of hydrogen-bond donors (Lipinski definition) is 1. The SMILES string of the molecule is c1cc2c(cc1CNCC1CCC1)OCO2. The Morgan fingerprint density at radius 1 is 1.19 bits per heavy atom. The molecule has 16 heavy (non-hydrogen) atoms. The molecule has 0 spiro atoms. The van der Waals surface area contributed by atoms with Crippen LogP contribution in [-0.2, 0) is 6.54 Å². The second-order valence-electron chi connectivity index (χ2n) is 4.62. The molecule has 1 aromatic rings. The van der Waals surface area contributed by atoms with E-state index in [1.54, 1.807) is 0 Å². The zero-order valence-corrected chi connectivity index (χ0v) is 9.37. The van der Waals surface area contributed by atoms with Gasteiger partial charge in [-0.05, 0) is 43.0 Å². The molecule has 0 radical (unpaired) electrons. The molecule has 0 bridgehead atoms. The minimum Gasteiger partial charge on any atom is -0.454 e. The van der Waals surface area contributed by atoms with Gasteiger partial charge in [-0.15, -0.1) is 0 Å². The summed E-state index contributed by atoms with van der Waals surface area (Å²) >= 11 is 0. The third kappa shape index (κ3) is 2.00. The van der Waals surface area contributed by atoms with Crippen LogP contribution in [0.15, 0.2) is 18.2 Å². The van der Waals surface area contributed by atoms with E-state index in [1.165, 1.54) is 24.8 Å². The van der Waals surface area contributed by atoms with E-state index in [2.05, 4.69) is 17.4 Å². The third-order valence-corrected chi connectivity index (χ3v) is 3.42. The molecule has 1 fully saturated rings. The summed E-state index contributed by atoms with van der Waals surface area (Å²) in [6.07, 6.45) is 4.21. The summed E-state index contributed by atoms with van der Waals surface area (Å²) in [6, 6.07) is 6.15. The highest BCUT2D eigenvalue weighted by atomic mass is 16.7. The lowest BCUT2D eigenvalue weighted by Crippen LogP contribution is -2.26. The Labute approximate surface area is 95.8 Å². The molecule has 1 aliphatic heterocycles. The van der Waals surface area contributed by atoms with Crippen molar-refractivity contribution in [2.75, 3.05) is 13.3 Å². The molecule has 3 rings (SSSR count). The molecule has 0 saturated heterocycles. The smallest absolute Gasteiger partial charge is 0.231 e. The fraction of sp³-hybridized carbons (Fsp3) is 0.538. The Morgan fingerprint density at radius 3 is 2.88 bits per heavy atom. The minimum atomic E-state index is 0.355. The molecular weight excluding hydrogens is 202 g/mol. The Bertz CT molecular complexity index is 374. The average molecular weight is 219 g/mol.